The number of nitrogens with zero attached hydrogens (tertiary/aromatic N) is 1. The first-order valence-corrected chi connectivity index (χ1v) is 8.72. The highest BCUT2D eigenvalue weighted by Gasteiger charge is 2.70. The van der Waals surface area contributed by atoms with Gasteiger partial charge in [-0.1, -0.05) is 18.2 Å². The highest BCUT2D eigenvalue weighted by Crippen LogP contribution is 2.72. The zero-order chi connectivity index (χ0) is 18.9. The topological polar surface area (TPSA) is 54.3 Å². The van der Waals surface area contributed by atoms with Gasteiger partial charge in [-0.3, -0.25) is 0 Å². The molecule has 1 heterocycles. The molecule has 3 aliphatic carbocycles. The molecule has 2 aromatic rings. The van der Waals surface area contributed by atoms with Gasteiger partial charge in [0.25, 0.3) is 0 Å². The number of nitrogens with one attached hydrogen (secondary N) is 1. The van der Waals surface area contributed by atoms with E-state index in [9.17, 15) is 23.1 Å². The fourth-order valence-corrected chi connectivity index (χ4v) is 5.22. The van der Waals surface area contributed by atoms with E-state index >= 15 is 0 Å². The Bertz CT molecular complexity index is 880. The first kappa shape index (κ1) is 17.4. The van der Waals surface area contributed by atoms with Gasteiger partial charge in [-0.25, -0.2) is 4.79 Å². The number of alkyl halides is 3. The molecule has 7 heteroatoms. The third-order valence-corrected chi connectivity index (χ3v) is 6.38. The lowest BCUT2D eigenvalue weighted by Crippen LogP contribution is -2.76. The molecule has 5 rings (SSSR count). The van der Waals surface area contributed by atoms with Gasteiger partial charge in [-0.05, 0) is 44.6 Å². The van der Waals surface area contributed by atoms with Crippen molar-refractivity contribution < 1.29 is 23.1 Å². The molecule has 1 aromatic carbocycles. The van der Waals surface area contributed by atoms with Crippen molar-refractivity contribution in [2.45, 2.75) is 50.9 Å². The number of hydrogen-bond donors (Lipinski definition) is 2. The van der Waals surface area contributed by atoms with Gasteiger partial charge in [0.05, 0.1) is 12.1 Å². The molecule has 0 saturated heterocycles. The summed E-state index contributed by atoms with van der Waals surface area (Å²) in [5.41, 5.74) is 1.44. The van der Waals surface area contributed by atoms with Gasteiger partial charge in [0, 0.05) is 28.2 Å². The Labute approximate surface area is 149 Å². The SMILES string of the molecule is Cc1c(C(=O)O)c2ccccc2n1[C@H](C)C12CC(NCC(F)(F)F)(C1)C2. The second-order valence-corrected chi connectivity index (χ2v) is 7.97. The fourth-order valence-electron chi connectivity index (χ4n) is 5.22. The maximum Gasteiger partial charge on any atom is 0.401 e. The summed E-state index contributed by atoms with van der Waals surface area (Å²) in [5, 5.41) is 13.0. The lowest BCUT2D eigenvalue weighted by Gasteiger charge is -2.73. The lowest BCUT2D eigenvalue weighted by molar-refractivity contribution is -0.201. The van der Waals surface area contributed by atoms with Gasteiger partial charge in [-0.15, -0.1) is 0 Å². The largest absolute Gasteiger partial charge is 0.478 e. The number of carbonyl (C=O) groups is 1. The van der Waals surface area contributed by atoms with Crippen LogP contribution in [0.15, 0.2) is 24.3 Å². The van der Waals surface area contributed by atoms with Crippen molar-refractivity contribution >= 4 is 16.9 Å². The molecule has 0 amide bonds. The van der Waals surface area contributed by atoms with E-state index in [1.54, 1.807) is 0 Å². The molecule has 2 bridgehead atoms. The number of carboxylic acid groups (broad SMARTS) is 1. The summed E-state index contributed by atoms with van der Waals surface area (Å²) in [4.78, 5) is 11.7. The molecule has 140 valence electrons. The van der Waals surface area contributed by atoms with Crippen molar-refractivity contribution in [1.29, 1.82) is 0 Å². The van der Waals surface area contributed by atoms with Gasteiger partial charge >= 0.3 is 12.1 Å². The van der Waals surface area contributed by atoms with Gasteiger partial charge in [-0.2, -0.15) is 13.2 Å². The number of aromatic carboxylic acids is 1. The molecular formula is C19H21F3N2O2. The van der Waals surface area contributed by atoms with Crippen LogP contribution in [0.3, 0.4) is 0 Å². The van der Waals surface area contributed by atoms with Crippen molar-refractivity contribution in [3.05, 3.63) is 35.5 Å². The van der Waals surface area contributed by atoms with Crippen LogP contribution in [0.4, 0.5) is 13.2 Å². The van der Waals surface area contributed by atoms with E-state index in [-0.39, 0.29) is 11.5 Å². The van der Waals surface area contributed by atoms with E-state index in [2.05, 4.69) is 16.8 Å². The van der Waals surface area contributed by atoms with Crippen molar-refractivity contribution in [3.63, 3.8) is 0 Å². The number of aromatic nitrogens is 1. The van der Waals surface area contributed by atoms with Crippen LogP contribution in [0.25, 0.3) is 10.9 Å². The highest BCUT2D eigenvalue weighted by molar-refractivity contribution is 6.05. The van der Waals surface area contributed by atoms with Crippen molar-refractivity contribution in [2.24, 2.45) is 5.41 Å². The van der Waals surface area contributed by atoms with Gasteiger partial charge in [0.2, 0.25) is 0 Å². The second kappa shape index (κ2) is 5.25. The molecule has 0 radical (unpaired) electrons. The van der Waals surface area contributed by atoms with Crippen LogP contribution >= 0.6 is 0 Å². The maximum absolute atomic E-state index is 12.5. The highest BCUT2D eigenvalue weighted by atomic mass is 19.4. The summed E-state index contributed by atoms with van der Waals surface area (Å²) in [5.74, 6) is -0.953. The van der Waals surface area contributed by atoms with Crippen molar-refractivity contribution in [1.82, 2.24) is 9.88 Å². The molecule has 3 saturated carbocycles. The van der Waals surface area contributed by atoms with E-state index < -0.39 is 24.2 Å². The number of hydrogen-bond acceptors (Lipinski definition) is 2. The van der Waals surface area contributed by atoms with Crippen LogP contribution in [0.1, 0.15) is 48.3 Å². The average molecular weight is 366 g/mol. The quantitative estimate of drug-likeness (QED) is 0.830. The van der Waals surface area contributed by atoms with Crippen molar-refractivity contribution in [2.75, 3.05) is 6.54 Å². The average Bonchev–Trinajstić information content (AvgIpc) is 2.74. The number of carboxylic acids is 1. The summed E-state index contributed by atoms with van der Waals surface area (Å²) in [6.45, 7) is 2.91. The van der Waals surface area contributed by atoms with Crippen LogP contribution in [-0.4, -0.2) is 33.9 Å². The van der Waals surface area contributed by atoms with Crippen LogP contribution in [-0.2, 0) is 0 Å². The first-order valence-electron chi connectivity index (χ1n) is 8.72. The summed E-state index contributed by atoms with van der Waals surface area (Å²) in [6, 6.07) is 7.46. The molecule has 3 aliphatic rings. The Morgan fingerprint density at radius 2 is 1.92 bits per heavy atom. The Morgan fingerprint density at radius 1 is 1.31 bits per heavy atom. The number of halogens is 3. The molecule has 4 nitrogen and oxygen atoms in total. The lowest BCUT2D eigenvalue weighted by atomic mass is 9.37. The Balaban J connectivity index is 1.61. The minimum atomic E-state index is -4.20. The smallest absolute Gasteiger partial charge is 0.401 e. The van der Waals surface area contributed by atoms with Crippen LogP contribution in [0.2, 0.25) is 0 Å². The standard InChI is InChI=1S/C19H21F3N2O2/c1-11-15(16(25)26)13-5-3-4-6-14(13)24(11)12(2)17-7-18(8-17,9-17)23-10-19(20,21)22/h3-6,12,23H,7-10H2,1-2H3,(H,25,26)/t12-,17?,18?/m1/s1. The van der Waals surface area contributed by atoms with Crippen LogP contribution < -0.4 is 5.32 Å². The van der Waals surface area contributed by atoms with E-state index in [0.717, 1.165) is 5.52 Å². The predicted octanol–water partition coefficient (Wildman–Crippen LogP) is 4.28. The molecule has 26 heavy (non-hydrogen) atoms. The molecule has 0 spiro atoms. The number of para-hydroxylation sites is 1. The zero-order valence-corrected chi connectivity index (χ0v) is 14.7. The Hall–Kier alpha value is -2.02. The fraction of sp³-hybridized carbons (Fsp3) is 0.526. The van der Waals surface area contributed by atoms with Crippen molar-refractivity contribution in [3.8, 4) is 0 Å². The predicted molar refractivity (Wildman–Crippen MR) is 91.4 cm³/mol. The van der Waals surface area contributed by atoms with E-state index in [1.165, 1.54) is 0 Å². The van der Waals surface area contributed by atoms with E-state index in [1.807, 2.05) is 31.2 Å². The minimum Gasteiger partial charge on any atom is -0.478 e. The second-order valence-electron chi connectivity index (χ2n) is 7.97. The molecule has 1 aromatic heterocycles. The summed E-state index contributed by atoms with van der Waals surface area (Å²) < 4.78 is 39.5. The minimum absolute atomic E-state index is 0.0371. The molecule has 2 N–H and O–H groups in total. The molecule has 0 unspecified atom stereocenters. The Morgan fingerprint density at radius 3 is 2.50 bits per heavy atom. The summed E-state index contributed by atoms with van der Waals surface area (Å²) in [6.07, 6.45) is -2.10. The first-order chi connectivity index (χ1) is 12.1. The van der Waals surface area contributed by atoms with Gasteiger partial charge in [0.1, 0.15) is 0 Å². The molecule has 0 aliphatic heterocycles. The number of rotatable bonds is 5. The van der Waals surface area contributed by atoms with Crippen LogP contribution in [0.5, 0.6) is 0 Å². The number of fused-ring (bicyclic) bond motifs is 1. The Kier molecular flexibility index (Phi) is 3.51. The molecular weight excluding hydrogens is 345 g/mol. The normalized spacial score (nSPS) is 28.5. The molecule has 1 atom stereocenters. The molecule has 3 fully saturated rings. The van der Waals surface area contributed by atoms with Crippen LogP contribution in [0, 0.1) is 12.3 Å². The summed E-state index contributed by atoms with van der Waals surface area (Å²) >= 11 is 0. The summed E-state index contributed by atoms with van der Waals surface area (Å²) in [7, 11) is 0. The van der Waals surface area contributed by atoms with Gasteiger partial charge < -0.3 is 15.0 Å². The van der Waals surface area contributed by atoms with Gasteiger partial charge in [0.15, 0.2) is 0 Å². The third-order valence-electron chi connectivity index (χ3n) is 6.38. The monoisotopic (exact) mass is 366 g/mol. The third kappa shape index (κ3) is 2.36. The van der Waals surface area contributed by atoms with E-state index in [4.69, 9.17) is 0 Å². The maximum atomic E-state index is 12.5. The van der Waals surface area contributed by atoms with E-state index in [0.29, 0.717) is 35.9 Å². The number of benzene rings is 1. The zero-order valence-electron chi connectivity index (χ0n) is 14.7.